The number of pyridine rings is 1. The van der Waals surface area contributed by atoms with Crippen molar-refractivity contribution >= 4 is 28.6 Å². The molecule has 0 saturated carbocycles. The van der Waals surface area contributed by atoms with E-state index in [1.807, 2.05) is 0 Å². The van der Waals surface area contributed by atoms with E-state index in [4.69, 9.17) is 4.74 Å². The summed E-state index contributed by atoms with van der Waals surface area (Å²) in [5, 5.41) is 11.0. The fourth-order valence-corrected chi connectivity index (χ4v) is 2.61. The van der Waals surface area contributed by atoms with Gasteiger partial charge in [0.05, 0.1) is 23.3 Å². The van der Waals surface area contributed by atoms with E-state index in [1.165, 1.54) is 31.4 Å². The van der Waals surface area contributed by atoms with Crippen LogP contribution in [0.2, 0.25) is 0 Å². The summed E-state index contributed by atoms with van der Waals surface area (Å²) in [5.74, 6) is 0.310. The monoisotopic (exact) mass is 374 g/mol. The molecule has 2 aromatic carbocycles. The maximum atomic E-state index is 13.3. The number of ether oxygens (including phenoxy) is 1. The number of fused-ring (bicyclic) bond motifs is 1. The van der Waals surface area contributed by atoms with Crippen LogP contribution in [0.1, 0.15) is 16.8 Å². The Bertz CT molecular complexity index is 1030. The second-order valence-corrected chi connectivity index (χ2v) is 5.65. The summed E-state index contributed by atoms with van der Waals surface area (Å²) >= 11 is 0. The average Bonchev–Trinajstić information content (AvgIpc) is 2.64. The van der Waals surface area contributed by atoms with Crippen molar-refractivity contribution in [2.24, 2.45) is 0 Å². The maximum Gasteiger partial charge on any atom is 0.418 e. The van der Waals surface area contributed by atoms with Gasteiger partial charge in [-0.1, -0.05) is 6.08 Å². The normalized spacial score (nSPS) is 11.9. The number of hydrogen-bond acceptors (Lipinski definition) is 4. The molecule has 138 valence electrons. The first-order chi connectivity index (χ1) is 12.8. The molecule has 3 aromatic rings. The summed E-state index contributed by atoms with van der Waals surface area (Å²) in [6, 6.07) is 10.2. The Kier molecular flexibility index (Phi) is 4.81. The Morgan fingerprint density at radius 3 is 2.37 bits per heavy atom. The molecule has 0 amide bonds. The molecule has 3 rings (SSSR count). The maximum absolute atomic E-state index is 13.3. The number of halogens is 3. The summed E-state index contributed by atoms with van der Waals surface area (Å²) in [4.78, 5) is 14.1. The molecule has 0 aliphatic heterocycles. The summed E-state index contributed by atoms with van der Waals surface area (Å²) in [5.41, 5.74) is 0.115. The highest BCUT2D eigenvalue weighted by molar-refractivity contribution is 5.94. The van der Waals surface area contributed by atoms with Gasteiger partial charge in [0.2, 0.25) is 0 Å². The molecule has 0 saturated heterocycles. The van der Waals surface area contributed by atoms with Crippen molar-refractivity contribution in [2.75, 3.05) is 7.11 Å². The standard InChI is InChI=1S/C19H13F3N2O3/c1-27-14-7-8-15-16(10-14)17(19(20,21)22)11-23-18(15)9-4-12-2-5-13(6-3-12)24(25)26/h2-11H,1H3/b9-4+. The number of hydrogen-bond donors (Lipinski definition) is 0. The first kappa shape index (κ1) is 18.4. The zero-order chi connectivity index (χ0) is 19.6. The van der Waals surface area contributed by atoms with Gasteiger partial charge in [0.1, 0.15) is 5.75 Å². The molecule has 0 aliphatic carbocycles. The molecule has 8 heteroatoms. The predicted molar refractivity (Wildman–Crippen MR) is 95.3 cm³/mol. The van der Waals surface area contributed by atoms with E-state index in [9.17, 15) is 23.3 Å². The van der Waals surface area contributed by atoms with Crippen LogP contribution in [0.15, 0.2) is 48.7 Å². The van der Waals surface area contributed by atoms with Crippen molar-refractivity contribution in [2.45, 2.75) is 6.18 Å². The van der Waals surface area contributed by atoms with Crippen LogP contribution in [0.5, 0.6) is 5.75 Å². The Labute approximate surface area is 151 Å². The minimum absolute atomic E-state index is 0.0137. The van der Waals surface area contributed by atoms with Crippen molar-refractivity contribution in [3.05, 3.63) is 75.6 Å². The summed E-state index contributed by atoms with van der Waals surface area (Å²) < 4.78 is 44.9. The van der Waals surface area contributed by atoms with Gasteiger partial charge < -0.3 is 4.74 Å². The number of benzene rings is 2. The van der Waals surface area contributed by atoms with E-state index in [0.29, 0.717) is 22.4 Å². The zero-order valence-electron chi connectivity index (χ0n) is 14.0. The Balaban J connectivity index is 2.05. The molecule has 0 N–H and O–H groups in total. The van der Waals surface area contributed by atoms with E-state index in [2.05, 4.69) is 4.98 Å². The molecular weight excluding hydrogens is 361 g/mol. The molecule has 1 heterocycles. The summed E-state index contributed by atoms with van der Waals surface area (Å²) in [7, 11) is 1.38. The first-order valence-electron chi connectivity index (χ1n) is 7.76. The number of non-ortho nitro benzene ring substituents is 1. The number of methoxy groups -OCH3 is 1. The quantitative estimate of drug-likeness (QED) is 0.457. The predicted octanol–water partition coefficient (Wildman–Crippen LogP) is 5.34. The van der Waals surface area contributed by atoms with Gasteiger partial charge in [-0.3, -0.25) is 15.1 Å². The van der Waals surface area contributed by atoms with Gasteiger partial charge in [0, 0.05) is 29.1 Å². The van der Waals surface area contributed by atoms with Crippen LogP contribution in [-0.4, -0.2) is 17.0 Å². The Morgan fingerprint density at radius 2 is 1.78 bits per heavy atom. The van der Waals surface area contributed by atoms with E-state index in [0.717, 1.165) is 6.20 Å². The zero-order valence-corrected chi connectivity index (χ0v) is 14.0. The lowest BCUT2D eigenvalue weighted by atomic mass is 10.0. The Morgan fingerprint density at radius 1 is 1.07 bits per heavy atom. The van der Waals surface area contributed by atoms with Crippen LogP contribution in [0.25, 0.3) is 22.9 Å². The van der Waals surface area contributed by atoms with Gasteiger partial charge >= 0.3 is 6.18 Å². The summed E-state index contributed by atoms with van der Waals surface area (Å²) in [6.45, 7) is 0. The third-order valence-electron chi connectivity index (χ3n) is 3.97. The first-order valence-corrected chi connectivity index (χ1v) is 7.76. The van der Waals surface area contributed by atoms with E-state index >= 15 is 0 Å². The number of aromatic nitrogens is 1. The number of alkyl halides is 3. The van der Waals surface area contributed by atoms with Gasteiger partial charge in [0.15, 0.2) is 0 Å². The van der Waals surface area contributed by atoms with Gasteiger partial charge in [-0.25, -0.2) is 0 Å². The molecule has 0 fully saturated rings. The highest BCUT2D eigenvalue weighted by atomic mass is 19.4. The molecular formula is C19H13F3N2O3. The van der Waals surface area contributed by atoms with Gasteiger partial charge in [-0.05, 0) is 42.0 Å². The van der Waals surface area contributed by atoms with Gasteiger partial charge in [0.25, 0.3) is 5.69 Å². The lowest BCUT2D eigenvalue weighted by Crippen LogP contribution is -2.07. The smallest absolute Gasteiger partial charge is 0.418 e. The van der Waals surface area contributed by atoms with Crippen molar-refractivity contribution < 1.29 is 22.8 Å². The van der Waals surface area contributed by atoms with Crippen molar-refractivity contribution in [1.82, 2.24) is 4.98 Å². The van der Waals surface area contributed by atoms with Crippen LogP contribution in [-0.2, 0) is 6.18 Å². The topological polar surface area (TPSA) is 65.3 Å². The third kappa shape index (κ3) is 3.89. The molecule has 0 atom stereocenters. The van der Waals surface area contributed by atoms with Gasteiger partial charge in [-0.15, -0.1) is 0 Å². The highest BCUT2D eigenvalue weighted by Crippen LogP contribution is 2.37. The molecule has 0 aliphatic rings. The number of nitro groups is 1. The fraction of sp³-hybridized carbons (Fsp3) is 0.105. The number of rotatable bonds is 4. The van der Waals surface area contributed by atoms with Crippen LogP contribution in [0, 0.1) is 10.1 Å². The fourth-order valence-electron chi connectivity index (χ4n) is 2.61. The van der Waals surface area contributed by atoms with Crippen LogP contribution >= 0.6 is 0 Å². The lowest BCUT2D eigenvalue weighted by molar-refractivity contribution is -0.384. The average molecular weight is 374 g/mol. The lowest BCUT2D eigenvalue weighted by Gasteiger charge is -2.12. The summed E-state index contributed by atoms with van der Waals surface area (Å²) in [6.07, 6.45) is -0.561. The van der Waals surface area contributed by atoms with Crippen LogP contribution in [0.3, 0.4) is 0 Å². The largest absolute Gasteiger partial charge is 0.497 e. The molecule has 0 bridgehead atoms. The molecule has 0 radical (unpaired) electrons. The minimum atomic E-state index is -4.54. The number of nitrogens with zero attached hydrogens (tertiary/aromatic N) is 2. The van der Waals surface area contributed by atoms with Crippen molar-refractivity contribution in [1.29, 1.82) is 0 Å². The molecule has 27 heavy (non-hydrogen) atoms. The second kappa shape index (κ2) is 7.06. The van der Waals surface area contributed by atoms with E-state index in [1.54, 1.807) is 30.4 Å². The van der Waals surface area contributed by atoms with Crippen LogP contribution < -0.4 is 4.74 Å². The highest BCUT2D eigenvalue weighted by Gasteiger charge is 2.33. The van der Waals surface area contributed by atoms with Crippen molar-refractivity contribution in [3.8, 4) is 5.75 Å². The van der Waals surface area contributed by atoms with Gasteiger partial charge in [-0.2, -0.15) is 13.2 Å². The van der Waals surface area contributed by atoms with Crippen molar-refractivity contribution in [3.63, 3.8) is 0 Å². The second-order valence-electron chi connectivity index (χ2n) is 5.65. The third-order valence-corrected chi connectivity index (χ3v) is 3.97. The van der Waals surface area contributed by atoms with E-state index < -0.39 is 16.7 Å². The van der Waals surface area contributed by atoms with E-state index in [-0.39, 0.29) is 11.1 Å². The SMILES string of the molecule is COc1ccc2c(/C=C/c3ccc([N+](=O)[O-])cc3)ncc(C(F)(F)F)c2c1. The van der Waals surface area contributed by atoms with Crippen LogP contribution in [0.4, 0.5) is 18.9 Å². The molecule has 5 nitrogen and oxygen atoms in total. The molecule has 0 unspecified atom stereocenters. The molecule has 0 spiro atoms. The minimum Gasteiger partial charge on any atom is -0.497 e. The Hall–Kier alpha value is -3.42. The molecule has 1 aromatic heterocycles. The number of nitro benzene ring substituents is 1.